The second-order valence-corrected chi connectivity index (χ2v) is 8.07. The predicted molar refractivity (Wildman–Crippen MR) is 121 cm³/mol. The van der Waals surface area contributed by atoms with Gasteiger partial charge in [0.25, 0.3) is 0 Å². The smallest absolute Gasteiger partial charge is 0.400 e. The minimum Gasteiger partial charge on any atom is -0.485 e. The van der Waals surface area contributed by atoms with Crippen LogP contribution in [0.4, 0.5) is 0 Å². The summed E-state index contributed by atoms with van der Waals surface area (Å²) in [5.74, 6) is 0.693. The van der Waals surface area contributed by atoms with Crippen molar-refractivity contribution in [1.82, 2.24) is 0 Å². The number of oxime groups is 1. The number of hydrogen-bond acceptors (Lipinski definition) is 5. The van der Waals surface area contributed by atoms with Gasteiger partial charge in [-0.3, -0.25) is 0 Å². The van der Waals surface area contributed by atoms with E-state index in [0.29, 0.717) is 27.3 Å². The monoisotopic (exact) mass is 460 g/mol. The molecule has 2 N–H and O–H groups in total. The van der Waals surface area contributed by atoms with Gasteiger partial charge in [0.05, 0.1) is 5.02 Å². The van der Waals surface area contributed by atoms with E-state index in [4.69, 9.17) is 42.9 Å². The third-order valence-electron chi connectivity index (χ3n) is 4.46. The lowest BCUT2D eigenvalue weighted by atomic mass is 10.0. The summed E-state index contributed by atoms with van der Waals surface area (Å²) in [5, 5.41) is 4.38. The van der Waals surface area contributed by atoms with Crippen molar-refractivity contribution in [1.29, 1.82) is 0 Å². The van der Waals surface area contributed by atoms with Crippen LogP contribution in [0.3, 0.4) is 0 Å². The molecule has 3 aromatic rings. The van der Waals surface area contributed by atoms with Crippen LogP contribution in [-0.4, -0.2) is 11.8 Å². The summed E-state index contributed by atoms with van der Waals surface area (Å²) >= 11 is 11.9. The van der Waals surface area contributed by atoms with E-state index in [1.165, 1.54) is 12.1 Å². The topological polar surface area (TPSA) is 87.0 Å². The van der Waals surface area contributed by atoms with Gasteiger partial charge >= 0.3 is 5.97 Å². The molecule has 0 spiro atoms. The molecule has 6 nitrogen and oxygen atoms in total. The Kier molecular flexibility index (Phi) is 7.25. The number of furan rings is 1. The van der Waals surface area contributed by atoms with Crippen LogP contribution in [0, 0.1) is 6.92 Å². The molecule has 8 heteroatoms. The van der Waals surface area contributed by atoms with Crippen LogP contribution in [0.25, 0.3) is 0 Å². The van der Waals surface area contributed by atoms with Crippen LogP contribution in [-0.2, 0) is 11.4 Å². The van der Waals surface area contributed by atoms with Gasteiger partial charge in [0.2, 0.25) is 5.76 Å². The van der Waals surface area contributed by atoms with Gasteiger partial charge in [-0.15, -0.1) is 0 Å². The zero-order valence-electron chi connectivity index (χ0n) is 17.3. The molecule has 31 heavy (non-hydrogen) atoms. The summed E-state index contributed by atoms with van der Waals surface area (Å²) in [5.41, 5.74) is 8.43. The average Bonchev–Trinajstić information content (AvgIpc) is 3.19. The van der Waals surface area contributed by atoms with E-state index in [1.807, 2.05) is 19.1 Å². The van der Waals surface area contributed by atoms with Crippen molar-refractivity contribution < 1.29 is 18.8 Å². The van der Waals surface area contributed by atoms with Gasteiger partial charge in [-0.1, -0.05) is 54.3 Å². The maximum absolute atomic E-state index is 12.2. The minimum absolute atomic E-state index is 0.0225. The summed E-state index contributed by atoms with van der Waals surface area (Å²) < 4.78 is 11.4. The van der Waals surface area contributed by atoms with E-state index in [2.05, 4.69) is 25.1 Å². The lowest BCUT2D eigenvalue weighted by Gasteiger charge is -2.14. The largest absolute Gasteiger partial charge is 0.485 e. The molecular weight excluding hydrogens is 439 g/mol. The van der Waals surface area contributed by atoms with Crippen molar-refractivity contribution in [3.05, 3.63) is 86.8 Å². The summed E-state index contributed by atoms with van der Waals surface area (Å²) in [6.45, 7) is 6.37. The van der Waals surface area contributed by atoms with Gasteiger partial charge in [-0.2, -0.15) is 0 Å². The normalized spacial score (nSPS) is 11.6. The van der Waals surface area contributed by atoms with Crippen LogP contribution in [0.1, 0.15) is 52.8 Å². The van der Waals surface area contributed by atoms with Crippen molar-refractivity contribution in [2.75, 3.05) is 0 Å². The van der Waals surface area contributed by atoms with Crippen LogP contribution in [0.5, 0.6) is 5.75 Å². The van der Waals surface area contributed by atoms with Crippen molar-refractivity contribution in [3.8, 4) is 5.75 Å². The van der Waals surface area contributed by atoms with E-state index < -0.39 is 5.97 Å². The fraction of sp³-hybridized carbons (Fsp3) is 0.217. The Labute approximate surface area is 190 Å². The maximum Gasteiger partial charge on any atom is 0.400 e. The van der Waals surface area contributed by atoms with E-state index >= 15 is 0 Å². The number of amidine groups is 1. The molecule has 0 radical (unpaired) electrons. The quantitative estimate of drug-likeness (QED) is 0.200. The van der Waals surface area contributed by atoms with E-state index in [9.17, 15) is 4.79 Å². The van der Waals surface area contributed by atoms with Gasteiger partial charge in [0.1, 0.15) is 18.1 Å². The highest BCUT2D eigenvalue weighted by atomic mass is 35.5. The standard InChI is InChI=1S/C23H22Cl2N2O4/c1-13(2)17-7-4-14(3)10-21(17)29-12-16-6-9-20(30-16)23(28)31-27-22(26)18-8-5-15(24)11-19(18)25/h4-11,13H,12H2,1-3H3,(H2,26,27). The first-order valence-corrected chi connectivity index (χ1v) is 10.3. The summed E-state index contributed by atoms with van der Waals surface area (Å²) in [7, 11) is 0. The second kappa shape index (κ2) is 9.90. The number of halogens is 2. The van der Waals surface area contributed by atoms with E-state index in [0.717, 1.165) is 16.9 Å². The number of nitrogens with two attached hydrogens (primary N) is 1. The highest BCUT2D eigenvalue weighted by Crippen LogP contribution is 2.28. The number of nitrogens with zero attached hydrogens (tertiary/aromatic N) is 1. The minimum atomic E-state index is -0.794. The van der Waals surface area contributed by atoms with Crippen LogP contribution in [0.2, 0.25) is 10.0 Å². The number of rotatable bonds is 7. The fourth-order valence-electron chi connectivity index (χ4n) is 2.84. The number of aryl methyl sites for hydroxylation is 1. The molecule has 2 aromatic carbocycles. The molecule has 0 bridgehead atoms. The molecule has 3 rings (SSSR count). The first-order valence-electron chi connectivity index (χ1n) is 9.57. The van der Waals surface area contributed by atoms with Crippen LogP contribution < -0.4 is 10.5 Å². The van der Waals surface area contributed by atoms with Crippen LogP contribution >= 0.6 is 23.2 Å². The zero-order valence-corrected chi connectivity index (χ0v) is 18.8. The average molecular weight is 461 g/mol. The Bertz CT molecular complexity index is 1120. The molecule has 0 amide bonds. The third kappa shape index (κ3) is 5.81. The molecule has 162 valence electrons. The summed E-state index contributed by atoms with van der Waals surface area (Å²) in [4.78, 5) is 17.1. The molecule has 0 aliphatic carbocycles. The molecular formula is C23H22Cl2N2O4. The number of carbonyl (C=O) groups excluding carboxylic acids is 1. The molecule has 0 aliphatic rings. The molecule has 0 saturated carbocycles. The van der Waals surface area contributed by atoms with Gasteiger partial charge in [0, 0.05) is 10.6 Å². The highest BCUT2D eigenvalue weighted by Gasteiger charge is 2.15. The lowest BCUT2D eigenvalue weighted by Crippen LogP contribution is -2.15. The molecule has 1 heterocycles. The lowest BCUT2D eigenvalue weighted by molar-refractivity contribution is 0.0475. The first-order chi connectivity index (χ1) is 14.7. The molecule has 1 aromatic heterocycles. The van der Waals surface area contributed by atoms with Gasteiger partial charge in [0.15, 0.2) is 5.84 Å². The molecule has 0 unspecified atom stereocenters. The van der Waals surface area contributed by atoms with Crippen molar-refractivity contribution >= 4 is 35.0 Å². The van der Waals surface area contributed by atoms with Crippen molar-refractivity contribution in [3.63, 3.8) is 0 Å². The van der Waals surface area contributed by atoms with Crippen LogP contribution in [0.15, 0.2) is 58.1 Å². The Morgan fingerprint density at radius 3 is 2.61 bits per heavy atom. The number of carbonyl (C=O) groups is 1. The maximum atomic E-state index is 12.2. The van der Waals surface area contributed by atoms with Crippen molar-refractivity contribution in [2.45, 2.75) is 33.3 Å². The Balaban J connectivity index is 1.64. The van der Waals surface area contributed by atoms with Crippen molar-refractivity contribution in [2.24, 2.45) is 10.9 Å². The van der Waals surface area contributed by atoms with E-state index in [-0.39, 0.29) is 18.2 Å². The Morgan fingerprint density at radius 2 is 1.90 bits per heavy atom. The number of ether oxygens (including phenoxy) is 1. The zero-order chi connectivity index (χ0) is 22.5. The molecule has 0 atom stereocenters. The first kappa shape index (κ1) is 22.7. The highest BCUT2D eigenvalue weighted by molar-refractivity contribution is 6.36. The summed E-state index contributed by atoms with van der Waals surface area (Å²) in [6.07, 6.45) is 0. The molecule has 0 saturated heterocycles. The predicted octanol–water partition coefficient (Wildman–Crippen LogP) is 6.07. The van der Waals surface area contributed by atoms with E-state index in [1.54, 1.807) is 18.2 Å². The van der Waals surface area contributed by atoms with Gasteiger partial charge in [-0.25, -0.2) is 4.79 Å². The Morgan fingerprint density at radius 1 is 1.13 bits per heavy atom. The Hall–Kier alpha value is -2.96. The SMILES string of the molecule is Cc1ccc(C(C)C)c(OCc2ccc(C(=O)O/N=C(\N)c3ccc(Cl)cc3Cl)o2)c1. The molecule has 0 aliphatic heterocycles. The third-order valence-corrected chi connectivity index (χ3v) is 5.01. The number of hydrogen-bond donors (Lipinski definition) is 1. The second-order valence-electron chi connectivity index (χ2n) is 7.23. The van der Waals surface area contributed by atoms with Gasteiger partial charge in [-0.05, 0) is 60.4 Å². The van der Waals surface area contributed by atoms with Gasteiger partial charge < -0.3 is 19.7 Å². The fourth-order valence-corrected chi connectivity index (χ4v) is 3.34. The molecule has 0 fully saturated rings. The summed E-state index contributed by atoms with van der Waals surface area (Å²) in [6, 6.07) is 13.9. The number of benzene rings is 2.